The molecule has 3 heteroatoms. The van der Waals surface area contributed by atoms with Crippen molar-refractivity contribution in [2.24, 2.45) is 5.92 Å². The van der Waals surface area contributed by atoms with Crippen molar-refractivity contribution < 1.29 is 0 Å². The predicted octanol–water partition coefficient (Wildman–Crippen LogP) is 3.12. The number of hydrogen-bond acceptors (Lipinski definition) is 3. The van der Waals surface area contributed by atoms with E-state index >= 15 is 0 Å². The number of anilines is 1. The maximum atomic E-state index is 4.65. The Bertz CT molecular complexity index is 430. The lowest BCUT2D eigenvalue weighted by Gasteiger charge is -2.22. The molecule has 1 saturated carbocycles. The van der Waals surface area contributed by atoms with Gasteiger partial charge in [-0.25, -0.2) is 4.98 Å². The number of aryl methyl sites for hydroxylation is 1. The van der Waals surface area contributed by atoms with Crippen LogP contribution in [0.15, 0.2) is 12.3 Å². The van der Waals surface area contributed by atoms with Gasteiger partial charge in [-0.15, -0.1) is 0 Å². The van der Waals surface area contributed by atoms with Gasteiger partial charge in [0, 0.05) is 31.9 Å². The normalized spacial score (nSPS) is 15.6. The third-order valence-electron chi connectivity index (χ3n) is 3.52. The molecular weight excluding hydrogens is 234 g/mol. The van der Waals surface area contributed by atoms with E-state index in [2.05, 4.69) is 56.0 Å². The minimum atomic E-state index is 0.148. The number of nitrogens with one attached hydrogen (secondary N) is 1. The Morgan fingerprint density at radius 2 is 2.05 bits per heavy atom. The second-order valence-corrected chi connectivity index (χ2v) is 6.91. The second kappa shape index (κ2) is 5.49. The van der Waals surface area contributed by atoms with Crippen LogP contribution in [-0.2, 0) is 6.54 Å². The van der Waals surface area contributed by atoms with E-state index in [0.717, 1.165) is 24.8 Å². The van der Waals surface area contributed by atoms with Crippen molar-refractivity contribution in [2.45, 2.75) is 52.6 Å². The van der Waals surface area contributed by atoms with Crippen LogP contribution in [0.4, 0.5) is 5.82 Å². The Kier molecular flexibility index (Phi) is 4.14. The van der Waals surface area contributed by atoms with E-state index in [0.29, 0.717) is 0 Å². The summed E-state index contributed by atoms with van der Waals surface area (Å²) in [6.07, 6.45) is 4.78. The SMILES string of the molecule is Cc1cc(CNC(C)(C)C)cnc1N(C)CC1CC1. The fourth-order valence-corrected chi connectivity index (χ4v) is 2.26. The van der Waals surface area contributed by atoms with Crippen LogP contribution in [0, 0.1) is 12.8 Å². The van der Waals surface area contributed by atoms with Gasteiger partial charge in [-0.1, -0.05) is 0 Å². The van der Waals surface area contributed by atoms with Crippen molar-refractivity contribution in [2.75, 3.05) is 18.5 Å². The lowest BCUT2D eigenvalue weighted by Crippen LogP contribution is -2.35. The van der Waals surface area contributed by atoms with Gasteiger partial charge in [0.25, 0.3) is 0 Å². The minimum absolute atomic E-state index is 0.148. The molecule has 1 fully saturated rings. The molecule has 0 amide bonds. The van der Waals surface area contributed by atoms with Crippen LogP contribution in [0.3, 0.4) is 0 Å². The minimum Gasteiger partial charge on any atom is -0.359 e. The largest absolute Gasteiger partial charge is 0.359 e. The Morgan fingerprint density at radius 1 is 1.37 bits per heavy atom. The Morgan fingerprint density at radius 3 is 2.58 bits per heavy atom. The highest BCUT2D eigenvalue weighted by Crippen LogP contribution is 2.31. The van der Waals surface area contributed by atoms with Gasteiger partial charge in [0.2, 0.25) is 0 Å². The number of hydrogen-bond donors (Lipinski definition) is 1. The fraction of sp³-hybridized carbons (Fsp3) is 0.688. The van der Waals surface area contributed by atoms with E-state index in [1.54, 1.807) is 0 Å². The first-order valence-corrected chi connectivity index (χ1v) is 7.27. The number of nitrogens with zero attached hydrogens (tertiary/aromatic N) is 2. The van der Waals surface area contributed by atoms with Crippen molar-refractivity contribution in [3.05, 3.63) is 23.4 Å². The molecule has 2 rings (SSSR count). The molecule has 1 N–H and O–H groups in total. The lowest BCUT2D eigenvalue weighted by molar-refractivity contribution is 0.424. The smallest absolute Gasteiger partial charge is 0.131 e. The lowest BCUT2D eigenvalue weighted by atomic mass is 10.1. The molecule has 0 spiro atoms. The highest BCUT2D eigenvalue weighted by molar-refractivity contribution is 5.46. The van der Waals surface area contributed by atoms with Gasteiger partial charge in [-0.05, 0) is 63.6 Å². The summed E-state index contributed by atoms with van der Waals surface area (Å²) in [6.45, 7) is 10.7. The fourth-order valence-electron chi connectivity index (χ4n) is 2.26. The first kappa shape index (κ1) is 14.3. The molecule has 0 atom stereocenters. The van der Waals surface area contributed by atoms with E-state index in [1.807, 2.05) is 6.20 Å². The molecule has 0 unspecified atom stereocenters. The molecule has 0 aromatic carbocycles. The van der Waals surface area contributed by atoms with Crippen LogP contribution in [0.1, 0.15) is 44.7 Å². The maximum absolute atomic E-state index is 4.65. The Balaban J connectivity index is 1.99. The molecule has 1 aromatic heterocycles. The van der Waals surface area contributed by atoms with E-state index in [1.165, 1.54) is 24.0 Å². The monoisotopic (exact) mass is 261 g/mol. The van der Waals surface area contributed by atoms with Crippen LogP contribution in [-0.4, -0.2) is 24.1 Å². The van der Waals surface area contributed by atoms with Gasteiger partial charge in [0.05, 0.1) is 0 Å². The summed E-state index contributed by atoms with van der Waals surface area (Å²) < 4.78 is 0. The summed E-state index contributed by atoms with van der Waals surface area (Å²) in [5, 5.41) is 3.50. The molecule has 106 valence electrons. The van der Waals surface area contributed by atoms with Gasteiger partial charge in [0.1, 0.15) is 5.82 Å². The maximum Gasteiger partial charge on any atom is 0.131 e. The molecule has 1 aromatic rings. The van der Waals surface area contributed by atoms with Crippen LogP contribution in [0.5, 0.6) is 0 Å². The summed E-state index contributed by atoms with van der Waals surface area (Å²) >= 11 is 0. The molecule has 0 bridgehead atoms. The molecule has 1 aliphatic carbocycles. The van der Waals surface area contributed by atoms with E-state index in [4.69, 9.17) is 0 Å². The van der Waals surface area contributed by atoms with Crippen LogP contribution < -0.4 is 10.2 Å². The highest BCUT2D eigenvalue weighted by Gasteiger charge is 2.23. The number of rotatable bonds is 5. The topological polar surface area (TPSA) is 28.2 Å². The number of aromatic nitrogens is 1. The van der Waals surface area contributed by atoms with Gasteiger partial charge in [0.15, 0.2) is 0 Å². The quantitative estimate of drug-likeness (QED) is 0.882. The van der Waals surface area contributed by atoms with E-state index in [-0.39, 0.29) is 5.54 Å². The summed E-state index contributed by atoms with van der Waals surface area (Å²) in [7, 11) is 2.15. The summed E-state index contributed by atoms with van der Waals surface area (Å²) in [5.74, 6) is 2.03. The van der Waals surface area contributed by atoms with Crippen LogP contribution >= 0.6 is 0 Å². The summed E-state index contributed by atoms with van der Waals surface area (Å²) in [4.78, 5) is 6.95. The first-order valence-electron chi connectivity index (χ1n) is 7.27. The van der Waals surface area contributed by atoms with Crippen molar-refractivity contribution in [3.8, 4) is 0 Å². The molecule has 3 nitrogen and oxygen atoms in total. The second-order valence-electron chi connectivity index (χ2n) is 6.91. The molecule has 19 heavy (non-hydrogen) atoms. The third kappa shape index (κ3) is 4.50. The summed E-state index contributed by atoms with van der Waals surface area (Å²) in [6, 6.07) is 2.25. The molecule has 0 radical (unpaired) electrons. The number of pyridine rings is 1. The zero-order valence-corrected chi connectivity index (χ0v) is 13.0. The zero-order valence-electron chi connectivity index (χ0n) is 13.0. The molecule has 1 aliphatic rings. The van der Waals surface area contributed by atoms with Crippen molar-refractivity contribution in [1.29, 1.82) is 0 Å². The standard InChI is InChI=1S/C16H27N3/c1-12-8-14(10-18-16(2,3)4)9-17-15(12)19(5)11-13-6-7-13/h8-9,13,18H,6-7,10-11H2,1-5H3. The zero-order chi connectivity index (χ0) is 14.0. The average Bonchev–Trinajstić information content (AvgIpc) is 3.09. The third-order valence-corrected chi connectivity index (χ3v) is 3.52. The van der Waals surface area contributed by atoms with Gasteiger partial charge >= 0.3 is 0 Å². The molecular formula is C16H27N3. The van der Waals surface area contributed by atoms with Crippen molar-refractivity contribution in [3.63, 3.8) is 0 Å². The molecule has 0 aliphatic heterocycles. The van der Waals surface area contributed by atoms with Crippen molar-refractivity contribution >= 4 is 5.82 Å². The molecule has 0 saturated heterocycles. The van der Waals surface area contributed by atoms with Gasteiger partial charge in [-0.2, -0.15) is 0 Å². The highest BCUT2D eigenvalue weighted by atomic mass is 15.2. The van der Waals surface area contributed by atoms with Gasteiger partial charge < -0.3 is 10.2 Å². The van der Waals surface area contributed by atoms with E-state index < -0.39 is 0 Å². The van der Waals surface area contributed by atoms with E-state index in [9.17, 15) is 0 Å². The first-order chi connectivity index (χ1) is 8.85. The predicted molar refractivity (Wildman–Crippen MR) is 81.6 cm³/mol. The average molecular weight is 261 g/mol. The summed E-state index contributed by atoms with van der Waals surface area (Å²) in [5.41, 5.74) is 2.68. The molecule has 1 heterocycles. The van der Waals surface area contributed by atoms with Crippen molar-refractivity contribution in [1.82, 2.24) is 10.3 Å². The Hall–Kier alpha value is -1.09. The van der Waals surface area contributed by atoms with Gasteiger partial charge in [-0.3, -0.25) is 0 Å². The van der Waals surface area contributed by atoms with Crippen LogP contribution in [0.25, 0.3) is 0 Å². The Labute approximate surface area is 117 Å². The van der Waals surface area contributed by atoms with Crippen LogP contribution in [0.2, 0.25) is 0 Å².